The summed E-state index contributed by atoms with van der Waals surface area (Å²) in [5.74, 6) is 0.423. The molecule has 19 heavy (non-hydrogen) atoms. The van der Waals surface area contributed by atoms with Gasteiger partial charge in [0.05, 0.1) is 39.8 Å². The van der Waals surface area contributed by atoms with Crippen molar-refractivity contribution >= 4 is 27.5 Å². The number of aromatic nitrogens is 2. The summed E-state index contributed by atoms with van der Waals surface area (Å²) in [6.07, 6.45) is 0. The molecule has 6 heteroatoms. The second-order valence-corrected chi connectivity index (χ2v) is 6.82. The number of fused-ring (bicyclic) bond motifs is 1. The third-order valence-corrected chi connectivity index (χ3v) is 3.67. The number of imidazole rings is 1. The maximum atomic E-state index is 12.1. The molecule has 0 aliphatic rings. The molecule has 0 amide bonds. The minimum absolute atomic E-state index is 0.216. The van der Waals surface area contributed by atoms with Gasteiger partial charge in [-0.2, -0.15) is 0 Å². The molecule has 1 unspecified atom stereocenters. The first kappa shape index (κ1) is 14.0. The number of rotatable bonds is 4. The third-order valence-electron chi connectivity index (χ3n) is 2.50. The summed E-state index contributed by atoms with van der Waals surface area (Å²) in [6, 6.07) is 5.38. The quantitative estimate of drug-likeness (QED) is 0.841. The average molecular weight is 281 g/mol. The lowest BCUT2D eigenvalue weighted by Gasteiger charge is -2.18. The zero-order chi connectivity index (χ0) is 14.0. The summed E-state index contributed by atoms with van der Waals surface area (Å²) in [5.41, 5.74) is 7.71. The third kappa shape index (κ3) is 3.78. The molecule has 0 aliphatic heterocycles. The van der Waals surface area contributed by atoms with Gasteiger partial charge < -0.3 is 15.5 Å². The Morgan fingerprint density at radius 2 is 2.16 bits per heavy atom. The van der Waals surface area contributed by atoms with E-state index in [4.69, 9.17) is 10.5 Å². The van der Waals surface area contributed by atoms with Gasteiger partial charge in [0.2, 0.25) is 0 Å². The molecule has 0 saturated heterocycles. The number of H-pyrrole nitrogens is 1. The van der Waals surface area contributed by atoms with E-state index < -0.39 is 10.8 Å². The second-order valence-electron chi connectivity index (χ2n) is 5.33. The van der Waals surface area contributed by atoms with Gasteiger partial charge in [-0.15, -0.1) is 0 Å². The first-order chi connectivity index (χ1) is 8.85. The van der Waals surface area contributed by atoms with Crippen molar-refractivity contribution in [3.05, 3.63) is 18.2 Å². The molecule has 104 valence electrons. The number of hydrogen-bond acceptors (Lipinski definition) is 4. The van der Waals surface area contributed by atoms with Crippen molar-refractivity contribution in [1.82, 2.24) is 9.97 Å². The maximum absolute atomic E-state index is 12.1. The summed E-state index contributed by atoms with van der Waals surface area (Å²) in [6.45, 7) is 6.36. The van der Waals surface area contributed by atoms with Crippen LogP contribution in [0.3, 0.4) is 0 Å². The van der Waals surface area contributed by atoms with E-state index in [0.717, 1.165) is 11.0 Å². The van der Waals surface area contributed by atoms with Crippen LogP contribution < -0.4 is 5.73 Å². The molecule has 2 rings (SSSR count). The molecule has 0 saturated carbocycles. The number of nitrogens with one attached hydrogen (secondary N) is 1. The van der Waals surface area contributed by atoms with Crippen LogP contribution in [0.5, 0.6) is 0 Å². The number of hydrogen-bond donors (Lipinski definition) is 2. The predicted molar refractivity (Wildman–Crippen MR) is 77.5 cm³/mol. The summed E-state index contributed by atoms with van der Waals surface area (Å²) < 4.78 is 17.7. The summed E-state index contributed by atoms with van der Waals surface area (Å²) in [4.78, 5) is 7.34. The number of aromatic amines is 1. The lowest BCUT2D eigenvalue weighted by Crippen LogP contribution is -2.22. The van der Waals surface area contributed by atoms with Crippen molar-refractivity contribution in [1.29, 1.82) is 0 Å². The Hall–Kier alpha value is -1.40. The smallest absolute Gasteiger partial charge is 0.197 e. The first-order valence-electron chi connectivity index (χ1n) is 6.13. The molecule has 1 atom stereocenters. The lowest BCUT2D eigenvalue weighted by atomic mass is 10.2. The van der Waals surface area contributed by atoms with Gasteiger partial charge in [0.15, 0.2) is 5.16 Å². The Labute approximate surface area is 115 Å². The van der Waals surface area contributed by atoms with Gasteiger partial charge in [-0.1, -0.05) is 0 Å². The Morgan fingerprint density at radius 1 is 1.42 bits per heavy atom. The summed E-state index contributed by atoms with van der Waals surface area (Å²) in [5, 5.41) is 0.470. The van der Waals surface area contributed by atoms with Crippen LogP contribution in [0.1, 0.15) is 20.8 Å². The highest BCUT2D eigenvalue weighted by Gasteiger charge is 2.13. The average Bonchev–Trinajstić information content (AvgIpc) is 2.70. The largest absolute Gasteiger partial charge is 0.399 e. The monoisotopic (exact) mass is 281 g/mol. The van der Waals surface area contributed by atoms with E-state index in [9.17, 15) is 4.21 Å². The highest BCUT2D eigenvalue weighted by Crippen LogP contribution is 2.16. The van der Waals surface area contributed by atoms with Crippen LogP contribution in [-0.2, 0) is 15.5 Å². The fourth-order valence-electron chi connectivity index (χ4n) is 1.63. The minimum Gasteiger partial charge on any atom is -0.399 e. The summed E-state index contributed by atoms with van der Waals surface area (Å²) in [7, 11) is -1.19. The van der Waals surface area contributed by atoms with Crippen molar-refractivity contribution in [3.8, 4) is 0 Å². The normalized spacial score (nSPS) is 13.8. The molecule has 1 aromatic carbocycles. The van der Waals surface area contributed by atoms with E-state index in [0.29, 0.717) is 23.2 Å². The predicted octanol–water partition coefficient (Wildman–Crippen LogP) is 2.07. The molecular weight excluding hydrogens is 262 g/mol. The van der Waals surface area contributed by atoms with Gasteiger partial charge in [-0.05, 0) is 39.0 Å². The van der Waals surface area contributed by atoms with Crippen LogP contribution in [0.25, 0.3) is 11.0 Å². The van der Waals surface area contributed by atoms with Crippen LogP contribution in [0.4, 0.5) is 5.69 Å². The number of nitrogens with two attached hydrogens (primary N) is 1. The molecule has 3 N–H and O–H groups in total. The molecule has 0 radical (unpaired) electrons. The van der Waals surface area contributed by atoms with Crippen LogP contribution in [0.15, 0.2) is 23.4 Å². The molecule has 1 aromatic heterocycles. The SMILES string of the molecule is CC(C)(C)OCCS(=O)c1nc2ccc(N)cc2[nH]1. The molecule has 1 heterocycles. The van der Waals surface area contributed by atoms with E-state index in [1.807, 2.05) is 26.8 Å². The Kier molecular flexibility index (Phi) is 3.91. The van der Waals surface area contributed by atoms with Crippen LogP contribution in [-0.4, -0.2) is 32.1 Å². The second kappa shape index (κ2) is 5.30. The van der Waals surface area contributed by atoms with E-state index in [1.165, 1.54) is 0 Å². The van der Waals surface area contributed by atoms with Crippen LogP contribution in [0, 0.1) is 0 Å². The molecule has 2 aromatic rings. The van der Waals surface area contributed by atoms with Crippen molar-refractivity contribution in [2.24, 2.45) is 0 Å². The van der Waals surface area contributed by atoms with Gasteiger partial charge in [0.25, 0.3) is 0 Å². The van der Waals surface area contributed by atoms with Crippen molar-refractivity contribution in [2.45, 2.75) is 31.5 Å². The molecule has 5 nitrogen and oxygen atoms in total. The standard InChI is InChI=1S/C13H19N3O2S/c1-13(2,3)18-6-7-19(17)12-15-10-5-4-9(14)8-11(10)16-12/h4-5,8H,6-7,14H2,1-3H3,(H,15,16). The number of nitrogens with zero attached hydrogens (tertiary/aromatic N) is 1. The maximum Gasteiger partial charge on any atom is 0.197 e. The fraction of sp³-hybridized carbons (Fsp3) is 0.462. The Balaban J connectivity index is 2.05. The van der Waals surface area contributed by atoms with Crippen molar-refractivity contribution in [2.75, 3.05) is 18.1 Å². The zero-order valence-electron chi connectivity index (χ0n) is 11.4. The van der Waals surface area contributed by atoms with Gasteiger partial charge >= 0.3 is 0 Å². The summed E-state index contributed by atoms with van der Waals surface area (Å²) >= 11 is 0. The Bertz CT molecular complexity index is 601. The van der Waals surface area contributed by atoms with E-state index in [1.54, 1.807) is 12.1 Å². The molecule has 0 fully saturated rings. The molecule has 0 spiro atoms. The number of benzene rings is 1. The minimum atomic E-state index is -1.19. The van der Waals surface area contributed by atoms with Crippen molar-refractivity contribution < 1.29 is 8.95 Å². The topological polar surface area (TPSA) is 81.0 Å². The highest BCUT2D eigenvalue weighted by atomic mass is 32.2. The highest BCUT2D eigenvalue weighted by molar-refractivity contribution is 7.84. The van der Waals surface area contributed by atoms with Gasteiger partial charge in [-0.3, -0.25) is 4.21 Å². The zero-order valence-corrected chi connectivity index (χ0v) is 12.2. The van der Waals surface area contributed by atoms with E-state index >= 15 is 0 Å². The molecule has 0 aliphatic carbocycles. The van der Waals surface area contributed by atoms with Gasteiger partial charge in [0.1, 0.15) is 0 Å². The van der Waals surface area contributed by atoms with Crippen molar-refractivity contribution in [3.63, 3.8) is 0 Å². The number of ether oxygens (including phenoxy) is 1. The Morgan fingerprint density at radius 3 is 2.84 bits per heavy atom. The van der Waals surface area contributed by atoms with E-state index in [2.05, 4.69) is 9.97 Å². The lowest BCUT2D eigenvalue weighted by molar-refractivity contribution is 0.00667. The van der Waals surface area contributed by atoms with Crippen LogP contribution in [0.2, 0.25) is 0 Å². The van der Waals surface area contributed by atoms with Crippen LogP contribution >= 0.6 is 0 Å². The number of anilines is 1. The van der Waals surface area contributed by atoms with Gasteiger partial charge in [0, 0.05) is 5.69 Å². The van der Waals surface area contributed by atoms with Gasteiger partial charge in [-0.25, -0.2) is 4.98 Å². The fourth-order valence-corrected chi connectivity index (χ4v) is 2.48. The van der Waals surface area contributed by atoms with E-state index in [-0.39, 0.29) is 5.60 Å². The number of nitrogen functional groups attached to an aromatic ring is 1. The molecular formula is C13H19N3O2S. The first-order valence-corrected chi connectivity index (χ1v) is 7.45. The molecule has 0 bridgehead atoms.